The topological polar surface area (TPSA) is 50.1 Å². The molecule has 3 heteroatoms. The molecule has 0 spiro atoms. The highest BCUT2D eigenvalue weighted by Crippen LogP contribution is 2.45. The fourth-order valence-corrected chi connectivity index (χ4v) is 5.14. The number of ether oxygens (including phenoxy) is 1. The van der Waals surface area contributed by atoms with Crippen molar-refractivity contribution < 1.29 is 9.53 Å². The minimum absolute atomic E-state index is 0.122. The molecule has 3 aliphatic carbocycles. The summed E-state index contributed by atoms with van der Waals surface area (Å²) in [5, 5.41) is 8.90. The molecular weight excluding hydrogens is 370 g/mol. The highest BCUT2D eigenvalue weighted by Gasteiger charge is 2.32. The van der Waals surface area contributed by atoms with Gasteiger partial charge in [0.1, 0.15) is 5.75 Å². The van der Waals surface area contributed by atoms with Gasteiger partial charge in [0, 0.05) is 0 Å². The summed E-state index contributed by atoms with van der Waals surface area (Å²) in [6.45, 7) is 2.28. The van der Waals surface area contributed by atoms with Crippen LogP contribution in [0.25, 0.3) is 0 Å². The van der Waals surface area contributed by atoms with E-state index in [9.17, 15) is 4.79 Å². The fraction of sp³-hybridized carbons (Fsp3) is 0.481. The molecule has 30 heavy (non-hydrogen) atoms. The highest BCUT2D eigenvalue weighted by molar-refractivity contribution is 5.77. The third kappa shape index (κ3) is 4.59. The van der Waals surface area contributed by atoms with Crippen LogP contribution < -0.4 is 4.74 Å². The van der Waals surface area contributed by atoms with Gasteiger partial charge in [-0.1, -0.05) is 50.3 Å². The van der Waals surface area contributed by atoms with Crippen molar-refractivity contribution in [2.45, 2.75) is 71.1 Å². The lowest BCUT2D eigenvalue weighted by Gasteiger charge is -2.35. The van der Waals surface area contributed by atoms with E-state index in [-0.39, 0.29) is 11.9 Å². The molecule has 0 radical (unpaired) electrons. The van der Waals surface area contributed by atoms with E-state index in [1.54, 1.807) is 35.4 Å². The van der Waals surface area contributed by atoms with E-state index in [0.717, 1.165) is 25.2 Å². The van der Waals surface area contributed by atoms with Gasteiger partial charge in [0.25, 0.3) is 0 Å². The summed E-state index contributed by atoms with van der Waals surface area (Å²) in [6.07, 6.45) is 16.4. The van der Waals surface area contributed by atoms with E-state index in [1.807, 2.05) is 0 Å². The normalized spacial score (nSPS) is 22.9. The molecule has 156 valence electrons. The summed E-state index contributed by atoms with van der Waals surface area (Å²) >= 11 is 0. The molecule has 3 aliphatic rings. The second kappa shape index (κ2) is 9.47. The van der Waals surface area contributed by atoms with Gasteiger partial charge in [-0.25, -0.2) is 0 Å². The lowest BCUT2D eigenvalue weighted by atomic mass is 9.70. The van der Waals surface area contributed by atoms with Crippen LogP contribution in [-0.4, -0.2) is 5.97 Å². The van der Waals surface area contributed by atoms with Gasteiger partial charge in [-0.2, -0.15) is 5.26 Å². The minimum atomic E-state index is -0.171. The average molecular weight is 402 g/mol. The van der Waals surface area contributed by atoms with Crippen LogP contribution >= 0.6 is 0 Å². The van der Waals surface area contributed by atoms with Gasteiger partial charge in [-0.15, -0.1) is 0 Å². The molecule has 0 fully saturated rings. The second-order valence-electron chi connectivity index (χ2n) is 8.93. The molecule has 0 N–H and O–H groups in total. The number of hydrogen-bond donors (Lipinski definition) is 0. The van der Waals surface area contributed by atoms with Gasteiger partial charge < -0.3 is 4.74 Å². The summed E-state index contributed by atoms with van der Waals surface area (Å²) in [5.41, 5.74) is 6.56. The molecular formula is C27H31NO2. The van der Waals surface area contributed by atoms with Crippen molar-refractivity contribution >= 4 is 5.97 Å². The summed E-state index contributed by atoms with van der Waals surface area (Å²) < 4.78 is 5.58. The number of nitriles is 1. The minimum Gasteiger partial charge on any atom is -0.426 e. The van der Waals surface area contributed by atoms with Crippen LogP contribution in [0, 0.1) is 23.2 Å². The zero-order valence-corrected chi connectivity index (χ0v) is 18.0. The lowest BCUT2D eigenvalue weighted by Crippen LogP contribution is -2.25. The largest absolute Gasteiger partial charge is 0.426 e. The van der Waals surface area contributed by atoms with Crippen molar-refractivity contribution in [3.8, 4) is 11.8 Å². The third-order valence-corrected chi connectivity index (χ3v) is 6.85. The first-order chi connectivity index (χ1) is 14.7. The molecule has 3 nitrogen and oxygen atoms in total. The number of esters is 1. The summed E-state index contributed by atoms with van der Waals surface area (Å²) in [5.74, 6) is 1.08. The number of nitrogens with zero attached hydrogens (tertiary/aromatic N) is 1. The maximum absolute atomic E-state index is 12.7. The van der Waals surface area contributed by atoms with E-state index >= 15 is 0 Å². The number of fused-ring (bicyclic) bond motifs is 2. The number of carbonyl (C=O) groups is 1. The Morgan fingerprint density at radius 3 is 2.77 bits per heavy atom. The number of unbranched alkanes of at least 4 members (excludes halogenated alkanes) is 2. The number of benzene rings is 1. The van der Waals surface area contributed by atoms with Gasteiger partial charge >= 0.3 is 5.97 Å². The SMILES string of the molecule is CCCCCC1CCC2=C(CC=C3CC(C(=O)Oc4ccc(C#N)cc4)CC=C32)C1. The zero-order chi connectivity index (χ0) is 20.9. The van der Waals surface area contributed by atoms with Crippen LogP contribution in [-0.2, 0) is 4.79 Å². The van der Waals surface area contributed by atoms with Gasteiger partial charge in [0.15, 0.2) is 0 Å². The molecule has 0 saturated carbocycles. The Morgan fingerprint density at radius 1 is 1.17 bits per heavy atom. The number of rotatable bonds is 6. The summed E-state index contributed by atoms with van der Waals surface area (Å²) in [7, 11) is 0. The quantitative estimate of drug-likeness (QED) is 0.299. The van der Waals surface area contributed by atoms with E-state index in [1.165, 1.54) is 56.1 Å². The van der Waals surface area contributed by atoms with Crippen molar-refractivity contribution in [2.24, 2.45) is 11.8 Å². The molecule has 0 saturated heterocycles. The van der Waals surface area contributed by atoms with Crippen LogP contribution in [0.5, 0.6) is 5.75 Å². The van der Waals surface area contributed by atoms with Gasteiger partial charge in [0.05, 0.1) is 17.6 Å². The Hall–Kier alpha value is -2.60. The second-order valence-corrected chi connectivity index (χ2v) is 8.93. The number of hydrogen-bond acceptors (Lipinski definition) is 3. The van der Waals surface area contributed by atoms with Crippen LogP contribution in [0.1, 0.15) is 76.7 Å². The number of allylic oxidation sites excluding steroid dienone is 6. The first-order valence-corrected chi connectivity index (χ1v) is 11.5. The van der Waals surface area contributed by atoms with Crippen molar-refractivity contribution in [1.29, 1.82) is 5.26 Å². The summed E-state index contributed by atoms with van der Waals surface area (Å²) in [6, 6.07) is 8.82. The van der Waals surface area contributed by atoms with Gasteiger partial charge in [-0.3, -0.25) is 4.79 Å². The molecule has 1 aromatic carbocycles. The molecule has 4 rings (SSSR count). The monoisotopic (exact) mass is 401 g/mol. The van der Waals surface area contributed by atoms with E-state index in [0.29, 0.717) is 11.3 Å². The molecule has 2 atom stereocenters. The Morgan fingerprint density at radius 2 is 2.00 bits per heavy atom. The molecule has 0 aromatic heterocycles. The van der Waals surface area contributed by atoms with Crippen LogP contribution in [0.4, 0.5) is 0 Å². The molecule has 1 aromatic rings. The van der Waals surface area contributed by atoms with Crippen LogP contribution in [0.2, 0.25) is 0 Å². The third-order valence-electron chi connectivity index (χ3n) is 6.85. The smallest absolute Gasteiger partial charge is 0.314 e. The van der Waals surface area contributed by atoms with Gasteiger partial charge in [-0.05, 0) is 85.4 Å². The summed E-state index contributed by atoms with van der Waals surface area (Å²) in [4.78, 5) is 12.7. The standard InChI is InChI=1S/C27H31NO2/c1-2-3-4-5-19-8-14-25-21(16-19)9-10-22-17-23(11-15-26(22)25)27(29)30-24-12-6-20(18-28)7-13-24/h6-7,10,12-13,15,19,23H,2-5,8-9,11,14,16-17H2,1H3. The molecule has 2 unspecified atom stereocenters. The molecule has 0 bridgehead atoms. The van der Waals surface area contributed by atoms with Crippen LogP contribution in [0.3, 0.4) is 0 Å². The van der Waals surface area contributed by atoms with Crippen molar-refractivity contribution in [2.75, 3.05) is 0 Å². The Labute approximate surface area is 180 Å². The van der Waals surface area contributed by atoms with Crippen molar-refractivity contribution in [3.63, 3.8) is 0 Å². The van der Waals surface area contributed by atoms with Crippen LogP contribution in [0.15, 0.2) is 58.7 Å². The first kappa shape index (κ1) is 20.7. The number of carbonyl (C=O) groups excluding carboxylic acids is 1. The maximum atomic E-state index is 12.7. The van der Waals surface area contributed by atoms with Crippen molar-refractivity contribution in [1.82, 2.24) is 0 Å². The predicted octanol–water partition coefficient (Wildman–Crippen LogP) is 6.81. The lowest BCUT2D eigenvalue weighted by molar-refractivity contribution is -0.138. The fourth-order valence-electron chi connectivity index (χ4n) is 5.14. The zero-order valence-electron chi connectivity index (χ0n) is 18.0. The van der Waals surface area contributed by atoms with Crippen molar-refractivity contribution in [3.05, 3.63) is 64.3 Å². The average Bonchev–Trinajstić information content (AvgIpc) is 2.79. The Balaban J connectivity index is 1.38. The van der Waals surface area contributed by atoms with E-state index < -0.39 is 0 Å². The Kier molecular flexibility index (Phi) is 6.53. The first-order valence-electron chi connectivity index (χ1n) is 11.5. The predicted molar refractivity (Wildman–Crippen MR) is 119 cm³/mol. The maximum Gasteiger partial charge on any atom is 0.314 e. The molecule has 0 heterocycles. The molecule has 0 amide bonds. The Bertz CT molecular complexity index is 927. The van der Waals surface area contributed by atoms with Gasteiger partial charge in [0.2, 0.25) is 0 Å². The van der Waals surface area contributed by atoms with E-state index in [2.05, 4.69) is 25.1 Å². The van der Waals surface area contributed by atoms with E-state index in [4.69, 9.17) is 10.00 Å². The molecule has 0 aliphatic heterocycles. The highest BCUT2D eigenvalue weighted by atomic mass is 16.5.